The topological polar surface area (TPSA) is 30.5 Å². The molecular weight excluding hydrogens is 178 g/mol. The van der Waals surface area contributed by atoms with Gasteiger partial charge in [-0.1, -0.05) is 19.8 Å². The number of nitrogens with one attached hydrogen (secondary N) is 1. The minimum atomic E-state index is 0.789. The molecule has 0 unspecified atom stereocenters. The van der Waals surface area contributed by atoms with E-state index in [-0.39, 0.29) is 0 Å². The van der Waals surface area contributed by atoms with Gasteiger partial charge in [0.05, 0.1) is 6.61 Å². The molecule has 0 aromatic rings. The summed E-state index contributed by atoms with van der Waals surface area (Å²) in [5.41, 5.74) is 0. The predicted molar refractivity (Wildman–Crippen MR) is 59.7 cm³/mol. The SMILES string of the molecule is CCCCCOCCCNCCOC. The van der Waals surface area contributed by atoms with E-state index in [9.17, 15) is 0 Å². The van der Waals surface area contributed by atoms with Crippen LogP contribution in [0.3, 0.4) is 0 Å². The Hall–Kier alpha value is -0.120. The van der Waals surface area contributed by atoms with E-state index in [0.29, 0.717) is 0 Å². The molecule has 0 amide bonds. The number of unbranched alkanes of at least 4 members (excludes halogenated alkanes) is 2. The first-order valence-corrected chi connectivity index (χ1v) is 5.69. The third-order valence-corrected chi connectivity index (χ3v) is 2.02. The Labute approximate surface area is 88.2 Å². The lowest BCUT2D eigenvalue weighted by molar-refractivity contribution is 0.127. The summed E-state index contributed by atoms with van der Waals surface area (Å²) in [5, 5.41) is 3.28. The molecule has 0 fully saturated rings. The molecule has 0 spiro atoms. The van der Waals surface area contributed by atoms with E-state index >= 15 is 0 Å². The molecule has 0 saturated heterocycles. The Kier molecular flexibility index (Phi) is 12.8. The number of methoxy groups -OCH3 is 1. The van der Waals surface area contributed by atoms with E-state index in [2.05, 4.69) is 12.2 Å². The van der Waals surface area contributed by atoms with Gasteiger partial charge in [0.15, 0.2) is 0 Å². The van der Waals surface area contributed by atoms with Crippen LogP contribution >= 0.6 is 0 Å². The van der Waals surface area contributed by atoms with Crippen LogP contribution in [-0.2, 0) is 9.47 Å². The Morgan fingerprint density at radius 2 is 1.71 bits per heavy atom. The molecule has 3 nitrogen and oxygen atoms in total. The molecule has 0 bridgehead atoms. The Bertz CT molecular complexity index is 87.3. The Morgan fingerprint density at radius 3 is 2.43 bits per heavy atom. The fourth-order valence-corrected chi connectivity index (χ4v) is 1.15. The molecule has 3 heteroatoms. The van der Waals surface area contributed by atoms with E-state index in [4.69, 9.17) is 9.47 Å². The second-order valence-electron chi connectivity index (χ2n) is 3.42. The lowest BCUT2D eigenvalue weighted by Gasteiger charge is -2.05. The highest BCUT2D eigenvalue weighted by atomic mass is 16.5. The molecule has 0 rings (SSSR count). The van der Waals surface area contributed by atoms with Gasteiger partial charge in [0.2, 0.25) is 0 Å². The van der Waals surface area contributed by atoms with Crippen LogP contribution in [-0.4, -0.2) is 40.0 Å². The molecule has 0 aromatic carbocycles. The molecule has 0 saturated carbocycles. The van der Waals surface area contributed by atoms with Gasteiger partial charge in [0, 0.05) is 26.9 Å². The van der Waals surface area contributed by atoms with Crippen molar-refractivity contribution in [1.82, 2.24) is 5.32 Å². The van der Waals surface area contributed by atoms with Crippen molar-refractivity contribution < 1.29 is 9.47 Å². The number of ether oxygens (including phenoxy) is 2. The highest BCUT2D eigenvalue weighted by Gasteiger charge is 1.90. The zero-order valence-electron chi connectivity index (χ0n) is 9.68. The maximum Gasteiger partial charge on any atom is 0.0587 e. The zero-order chi connectivity index (χ0) is 10.5. The van der Waals surface area contributed by atoms with Crippen molar-refractivity contribution in [2.45, 2.75) is 32.6 Å². The van der Waals surface area contributed by atoms with Crippen molar-refractivity contribution in [3.63, 3.8) is 0 Å². The van der Waals surface area contributed by atoms with E-state index in [1.165, 1.54) is 19.3 Å². The first-order chi connectivity index (χ1) is 6.91. The van der Waals surface area contributed by atoms with Crippen LogP contribution in [0.4, 0.5) is 0 Å². The van der Waals surface area contributed by atoms with E-state index in [0.717, 1.165) is 39.3 Å². The van der Waals surface area contributed by atoms with Gasteiger partial charge in [-0.2, -0.15) is 0 Å². The average Bonchev–Trinajstić information content (AvgIpc) is 2.21. The minimum Gasteiger partial charge on any atom is -0.383 e. The van der Waals surface area contributed by atoms with Crippen LogP contribution < -0.4 is 5.32 Å². The van der Waals surface area contributed by atoms with Crippen molar-refractivity contribution in [3.8, 4) is 0 Å². The summed E-state index contributed by atoms with van der Waals surface area (Å²) < 4.78 is 10.4. The molecule has 0 heterocycles. The van der Waals surface area contributed by atoms with Crippen LogP contribution in [0.25, 0.3) is 0 Å². The summed E-state index contributed by atoms with van der Waals surface area (Å²) in [4.78, 5) is 0. The predicted octanol–water partition coefficient (Wildman–Crippen LogP) is 1.82. The molecule has 0 atom stereocenters. The third-order valence-electron chi connectivity index (χ3n) is 2.02. The van der Waals surface area contributed by atoms with Gasteiger partial charge in [-0.25, -0.2) is 0 Å². The number of hydrogen-bond donors (Lipinski definition) is 1. The van der Waals surface area contributed by atoms with Crippen molar-refractivity contribution in [2.24, 2.45) is 0 Å². The maximum atomic E-state index is 5.47. The standard InChI is InChI=1S/C11H25NO2/c1-3-4-5-9-14-10-6-7-12-8-11-13-2/h12H,3-11H2,1-2H3. The van der Waals surface area contributed by atoms with Crippen LogP contribution in [0.15, 0.2) is 0 Å². The molecule has 0 aliphatic carbocycles. The highest BCUT2D eigenvalue weighted by molar-refractivity contribution is 4.46. The first-order valence-electron chi connectivity index (χ1n) is 5.69. The summed E-state index contributed by atoms with van der Waals surface area (Å²) in [6.45, 7) is 6.76. The molecule has 14 heavy (non-hydrogen) atoms. The van der Waals surface area contributed by atoms with Gasteiger partial charge in [-0.05, 0) is 19.4 Å². The van der Waals surface area contributed by atoms with Gasteiger partial charge < -0.3 is 14.8 Å². The van der Waals surface area contributed by atoms with Gasteiger partial charge >= 0.3 is 0 Å². The Balaban J connectivity index is 2.78. The fourth-order valence-electron chi connectivity index (χ4n) is 1.15. The van der Waals surface area contributed by atoms with Crippen molar-refractivity contribution >= 4 is 0 Å². The third kappa shape index (κ3) is 11.9. The summed E-state index contributed by atoms with van der Waals surface area (Å²) in [5.74, 6) is 0. The lowest BCUT2D eigenvalue weighted by Crippen LogP contribution is -2.21. The van der Waals surface area contributed by atoms with Gasteiger partial charge in [0.1, 0.15) is 0 Å². The Morgan fingerprint density at radius 1 is 0.929 bits per heavy atom. The van der Waals surface area contributed by atoms with Crippen LogP contribution in [0, 0.1) is 0 Å². The summed E-state index contributed by atoms with van der Waals surface area (Å²) in [6, 6.07) is 0. The number of rotatable bonds is 11. The monoisotopic (exact) mass is 203 g/mol. The summed E-state index contributed by atoms with van der Waals surface area (Å²) in [6.07, 6.45) is 4.84. The van der Waals surface area contributed by atoms with E-state index < -0.39 is 0 Å². The first kappa shape index (κ1) is 13.9. The van der Waals surface area contributed by atoms with E-state index in [1.807, 2.05) is 0 Å². The molecule has 86 valence electrons. The zero-order valence-corrected chi connectivity index (χ0v) is 9.68. The molecular formula is C11H25NO2. The van der Waals surface area contributed by atoms with Gasteiger partial charge in [-0.3, -0.25) is 0 Å². The second-order valence-corrected chi connectivity index (χ2v) is 3.42. The molecule has 0 aliphatic heterocycles. The van der Waals surface area contributed by atoms with Crippen LogP contribution in [0.2, 0.25) is 0 Å². The highest BCUT2D eigenvalue weighted by Crippen LogP contribution is 1.94. The van der Waals surface area contributed by atoms with Crippen LogP contribution in [0.1, 0.15) is 32.6 Å². The summed E-state index contributed by atoms with van der Waals surface area (Å²) in [7, 11) is 1.72. The fraction of sp³-hybridized carbons (Fsp3) is 1.00. The minimum absolute atomic E-state index is 0.789. The average molecular weight is 203 g/mol. The smallest absolute Gasteiger partial charge is 0.0587 e. The molecule has 1 N–H and O–H groups in total. The number of hydrogen-bond acceptors (Lipinski definition) is 3. The van der Waals surface area contributed by atoms with Crippen molar-refractivity contribution in [1.29, 1.82) is 0 Å². The second kappa shape index (κ2) is 12.9. The normalized spacial score (nSPS) is 10.7. The molecule has 0 radical (unpaired) electrons. The van der Waals surface area contributed by atoms with Crippen molar-refractivity contribution in [2.75, 3.05) is 40.0 Å². The molecule has 0 aromatic heterocycles. The van der Waals surface area contributed by atoms with Gasteiger partial charge in [0.25, 0.3) is 0 Å². The largest absolute Gasteiger partial charge is 0.383 e. The van der Waals surface area contributed by atoms with Crippen molar-refractivity contribution in [3.05, 3.63) is 0 Å². The molecule has 0 aliphatic rings. The van der Waals surface area contributed by atoms with E-state index in [1.54, 1.807) is 7.11 Å². The van der Waals surface area contributed by atoms with Gasteiger partial charge in [-0.15, -0.1) is 0 Å². The van der Waals surface area contributed by atoms with Crippen LogP contribution in [0.5, 0.6) is 0 Å². The quantitative estimate of drug-likeness (QED) is 0.520. The summed E-state index contributed by atoms with van der Waals surface area (Å²) >= 11 is 0. The maximum absolute atomic E-state index is 5.47. The lowest BCUT2D eigenvalue weighted by atomic mass is 10.3.